The Balaban J connectivity index is 1.90. The van der Waals surface area contributed by atoms with Gasteiger partial charge in [-0.25, -0.2) is 0 Å². The van der Waals surface area contributed by atoms with E-state index in [4.69, 9.17) is 16.1 Å². The Bertz CT molecular complexity index is 830. The maximum absolute atomic E-state index is 12.8. The summed E-state index contributed by atoms with van der Waals surface area (Å²) in [4.78, 5) is 14.3. The molecule has 2 aromatic heterocycles. The summed E-state index contributed by atoms with van der Waals surface area (Å²) in [5.41, 5.74) is 1.62. The number of nitrogens with zero attached hydrogens (tertiary/aromatic N) is 6. The van der Waals surface area contributed by atoms with Crippen LogP contribution in [0, 0.1) is 6.92 Å². The number of aromatic nitrogens is 5. The molecule has 0 unspecified atom stereocenters. The lowest BCUT2D eigenvalue weighted by atomic mass is 10.1. The number of hydrogen-bond donors (Lipinski definition) is 0. The summed E-state index contributed by atoms with van der Waals surface area (Å²) in [6, 6.07) is 6.74. The van der Waals surface area contributed by atoms with Gasteiger partial charge in [0.25, 0.3) is 5.91 Å². The molecule has 3 aromatic rings. The van der Waals surface area contributed by atoms with Gasteiger partial charge in [0.15, 0.2) is 0 Å². The van der Waals surface area contributed by atoms with Crippen molar-refractivity contribution in [3.8, 4) is 5.69 Å². The van der Waals surface area contributed by atoms with Crippen molar-refractivity contribution in [2.75, 3.05) is 7.05 Å². The second-order valence-electron chi connectivity index (χ2n) is 5.01. The van der Waals surface area contributed by atoms with Crippen molar-refractivity contribution in [3.05, 3.63) is 52.6 Å². The van der Waals surface area contributed by atoms with Crippen LogP contribution in [0.25, 0.3) is 5.69 Å². The van der Waals surface area contributed by atoms with Gasteiger partial charge in [0.2, 0.25) is 0 Å². The first-order chi connectivity index (χ1) is 11.0. The van der Waals surface area contributed by atoms with Crippen molar-refractivity contribution < 1.29 is 9.32 Å². The van der Waals surface area contributed by atoms with E-state index in [1.807, 2.05) is 0 Å². The molecule has 8 nitrogen and oxygen atoms in total. The summed E-state index contributed by atoms with van der Waals surface area (Å²) in [7, 11) is 1.68. The number of benzene rings is 1. The molecule has 0 radical (unpaired) electrons. The molecular weight excluding hydrogens is 320 g/mol. The highest BCUT2D eigenvalue weighted by atomic mass is 35.5. The molecule has 0 saturated carbocycles. The number of carbonyl (C=O) groups excluding carboxylic acids is 1. The third-order valence-corrected chi connectivity index (χ3v) is 3.44. The highest BCUT2D eigenvalue weighted by molar-refractivity contribution is 6.31. The van der Waals surface area contributed by atoms with E-state index in [-0.39, 0.29) is 5.91 Å². The van der Waals surface area contributed by atoms with Crippen LogP contribution in [0.4, 0.5) is 0 Å². The quantitative estimate of drug-likeness (QED) is 0.724. The fourth-order valence-corrected chi connectivity index (χ4v) is 2.34. The van der Waals surface area contributed by atoms with Gasteiger partial charge in [-0.05, 0) is 35.5 Å². The highest BCUT2D eigenvalue weighted by Gasteiger charge is 2.19. The Morgan fingerprint density at radius 3 is 2.87 bits per heavy atom. The number of halogens is 1. The molecular formula is C14H13ClN6O2. The van der Waals surface area contributed by atoms with Crippen LogP contribution in [0.2, 0.25) is 5.02 Å². The molecule has 0 N–H and O–H groups in total. The van der Waals surface area contributed by atoms with Crippen molar-refractivity contribution in [1.29, 1.82) is 0 Å². The number of aryl methyl sites for hydroxylation is 1. The monoisotopic (exact) mass is 332 g/mol. The van der Waals surface area contributed by atoms with Crippen molar-refractivity contribution in [2.45, 2.75) is 13.5 Å². The Morgan fingerprint density at radius 2 is 2.22 bits per heavy atom. The first-order valence-corrected chi connectivity index (χ1v) is 7.13. The summed E-state index contributed by atoms with van der Waals surface area (Å²) in [6.45, 7) is 2.11. The molecule has 0 aliphatic heterocycles. The van der Waals surface area contributed by atoms with E-state index in [9.17, 15) is 4.79 Å². The predicted octanol–water partition coefficient (Wildman–Crippen LogP) is 1.88. The topological polar surface area (TPSA) is 89.9 Å². The lowest BCUT2D eigenvalue weighted by Gasteiger charge is -2.17. The van der Waals surface area contributed by atoms with Gasteiger partial charge in [0.05, 0.1) is 17.8 Å². The van der Waals surface area contributed by atoms with Crippen molar-refractivity contribution in [3.63, 3.8) is 0 Å². The van der Waals surface area contributed by atoms with Gasteiger partial charge < -0.3 is 9.42 Å². The van der Waals surface area contributed by atoms with Crippen LogP contribution < -0.4 is 0 Å². The van der Waals surface area contributed by atoms with Crippen LogP contribution in [0.5, 0.6) is 0 Å². The predicted molar refractivity (Wildman–Crippen MR) is 81.2 cm³/mol. The van der Waals surface area contributed by atoms with Gasteiger partial charge >= 0.3 is 0 Å². The number of tetrazole rings is 1. The first kappa shape index (κ1) is 15.2. The van der Waals surface area contributed by atoms with Crippen molar-refractivity contribution >= 4 is 17.5 Å². The molecule has 118 valence electrons. The van der Waals surface area contributed by atoms with E-state index >= 15 is 0 Å². The van der Waals surface area contributed by atoms with Crippen molar-refractivity contribution in [1.82, 2.24) is 30.3 Å². The molecule has 1 aromatic carbocycles. The van der Waals surface area contributed by atoms with E-state index in [2.05, 4.69) is 20.7 Å². The minimum Gasteiger partial charge on any atom is -0.361 e. The standard InChI is InChI=1S/C14H13ClN6O2/c1-9-5-11(17-23-9)7-20(2)14(22)12-6-10(15)3-4-13(12)21-8-16-18-19-21/h3-6,8H,7H2,1-2H3. The lowest BCUT2D eigenvalue weighted by Crippen LogP contribution is -2.27. The Kier molecular flexibility index (Phi) is 4.07. The number of rotatable bonds is 4. The van der Waals surface area contributed by atoms with E-state index < -0.39 is 0 Å². The molecule has 0 aliphatic carbocycles. The smallest absolute Gasteiger partial charge is 0.256 e. The Hall–Kier alpha value is -2.74. The maximum Gasteiger partial charge on any atom is 0.256 e. The fourth-order valence-electron chi connectivity index (χ4n) is 2.16. The minimum absolute atomic E-state index is 0.223. The first-order valence-electron chi connectivity index (χ1n) is 6.75. The molecule has 23 heavy (non-hydrogen) atoms. The molecule has 0 atom stereocenters. The van der Waals surface area contributed by atoms with Crippen LogP contribution in [-0.2, 0) is 6.54 Å². The highest BCUT2D eigenvalue weighted by Crippen LogP contribution is 2.21. The van der Waals surface area contributed by atoms with Gasteiger partial charge in [-0.2, -0.15) is 4.68 Å². The SMILES string of the molecule is Cc1cc(CN(C)C(=O)c2cc(Cl)ccc2-n2cnnn2)no1. The zero-order chi connectivity index (χ0) is 16.4. The third kappa shape index (κ3) is 3.21. The van der Waals surface area contributed by atoms with Crippen LogP contribution in [0.15, 0.2) is 35.1 Å². The second-order valence-corrected chi connectivity index (χ2v) is 5.44. The average Bonchev–Trinajstić information content (AvgIpc) is 3.18. The van der Waals surface area contributed by atoms with Crippen LogP contribution in [0.1, 0.15) is 21.8 Å². The molecule has 0 bridgehead atoms. The molecule has 0 fully saturated rings. The van der Waals surface area contributed by atoms with Gasteiger partial charge in [-0.3, -0.25) is 4.79 Å². The summed E-state index contributed by atoms with van der Waals surface area (Å²) in [6.07, 6.45) is 1.42. The second kappa shape index (κ2) is 6.17. The molecule has 1 amide bonds. The Labute approximate surface area is 136 Å². The summed E-state index contributed by atoms with van der Waals surface area (Å²) in [5, 5.41) is 15.3. The minimum atomic E-state index is -0.223. The van der Waals surface area contributed by atoms with E-state index in [0.717, 1.165) is 0 Å². The summed E-state index contributed by atoms with van der Waals surface area (Å²) >= 11 is 6.03. The number of amides is 1. The van der Waals surface area contributed by atoms with Crippen molar-refractivity contribution in [2.24, 2.45) is 0 Å². The molecule has 0 aliphatic rings. The van der Waals surface area contributed by atoms with Crippen LogP contribution in [0.3, 0.4) is 0 Å². The van der Waals surface area contributed by atoms with E-state index in [0.29, 0.717) is 34.3 Å². The van der Waals surface area contributed by atoms with Gasteiger partial charge in [-0.1, -0.05) is 16.8 Å². The van der Waals surface area contributed by atoms with E-state index in [1.54, 1.807) is 38.2 Å². The number of carbonyl (C=O) groups is 1. The molecule has 0 saturated heterocycles. The zero-order valence-electron chi connectivity index (χ0n) is 12.5. The molecule has 0 spiro atoms. The normalized spacial score (nSPS) is 10.7. The lowest BCUT2D eigenvalue weighted by molar-refractivity contribution is 0.0782. The third-order valence-electron chi connectivity index (χ3n) is 3.21. The Morgan fingerprint density at radius 1 is 1.39 bits per heavy atom. The average molecular weight is 333 g/mol. The number of hydrogen-bond acceptors (Lipinski definition) is 6. The van der Waals surface area contributed by atoms with Gasteiger partial charge in [0.1, 0.15) is 17.8 Å². The van der Waals surface area contributed by atoms with E-state index in [1.165, 1.54) is 15.9 Å². The van der Waals surface area contributed by atoms with Crippen LogP contribution >= 0.6 is 11.6 Å². The maximum atomic E-state index is 12.8. The zero-order valence-corrected chi connectivity index (χ0v) is 13.2. The van der Waals surface area contributed by atoms with Crippen LogP contribution in [-0.4, -0.2) is 43.2 Å². The molecule has 3 rings (SSSR count). The largest absolute Gasteiger partial charge is 0.361 e. The van der Waals surface area contributed by atoms with Gasteiger partial charge in [-0.15, -0.1) is 5.10 Å². The molecule has 9 heteroatoms. The fraction of sp³-hybridized carbons (Fsp3) is 0.214. The summed E-state index contributed by atoms with van der Waals surface area (Å²) in [5.74, 6) is 0.469. The molecule has 2 heterocycles. The van der Waals surface area contributed by atoms with Gasteiger partial charge in [0, 0.05) is 18.1 Å². The summed E-state index contributed by atoms with van der Waals surface area (Å²) < 4.78 is 6.43.